The Morgan fingerprint density at radius 3 is 2.36 bits per heavy atom. The molecule has 1 aliphatic carbocycles. The van der Waals surface area contributed by atoms with Gasteiger partial charge in [0.1, 0.15) is 0 Å². The summed E-state index contributed by atoms with van der Waals surface area (Å²) in [5, 5.41) is 6.10. The van der Waals surface area contributed by atoms with Crippen LogP contribution < -0.4 is 10.6 Å². The van der Waals surface area contributed by atoms with Crippen LogP contribution in [-0.2, 0) is 5.41 Å². The van der Waals surface area contributed by atoms with Crippen molar-refractivity contribution in [1.29, 1.82) is 0 Å². The van der Waals surface area contributed by atoms with Gasteiger partial charge in [-0.2, -0.15) is 0 Å². The van der Waals surface area contributed by atoms with Crippen molar-refractivity contribution in [3.63, 3.8) is 0 Å². The molecular formula is C18H27N3O. The average molecular weight is 301 g/mol. The van der Waals surface area contributed by atoms with Gasteiger partial charge in [-0.05, 0) is 44.8 Å². The molecule has 1 aromatic carbocycles. The van der Waals surface area contributed by atoms with E-state index in [2.05, 4.69) is 59.8 Å². The van der Waals surface area contributed by atoms with Crippen LogP contribution in [0.5, 0.6) is 0 Å². The van der Waals surface area contributed by atoms with Crippen molar-refractivity contribution in [2.24, 2.45) is 0 Å². The van der Waals surface area contributed by atoms with Gasteiger partial charge in [-0.3, -0.25) is 0 Å². The Kier molecular flexibility index (Phi) is 4.13. The predicted octanol–water partition coefficient (Wildman–Crippen LogP) is 2.50. The fourth-order valence-corrected chi connectivity index (χ4v) is 4.05. The number of nitrogens with one attached hydrogen (secondary N) is 2. The molecule has 1 spiro atoms. The third-order valence-electron chi connectivity index (χ3n) is 5.63. The van der Waals surface area contributed by atoms with E-state index >= 15 is 0 Å². The van der Waals surface area contributed by atoms with Crippen molar-refractivity contribution in [2.45, 2.75) is 43.6 Å². The molecule has 4 heteroatoms. The first-order valence-corrected chi connectivity index (χ1v) is 8.38. The molecule has 1 heterocycles. The fraction of sp³-hybridized carbons (Fsp3) is 0.611. The Balaban J connectivity index is 1.81. The smallest absolute Gasteiger partial charge is 0.315 e. The number of urea groups is 1. The number of rotatable bonds is 4. The number of nitrogens with zero attached hydrogens (tertiary/aromatic N) is 1. The second-order valence-corrected chi connectivity index (χ2v) is 7.06. The second-order valence-electron chi connectivity index (χ2n) is 7.06. The molecular weight excluding hydrogens is 274 g/mol. The topological polar surface area (TPSA) is 44.4 Å². The molecule has 0 bridgehead atoms. The first-order valence-electron chi connectivity index (χ1n) is 8.38. The predicted molar refractivity (Wildman–Crippen MR) is 89.0 cm³/mol. The van der Waals surface area contributed by atoms with E-state index < -0.39 is 0 Å². The van der Waals surface area contributed by atoms with E-state index in [1.807, 2.05) is 0 Å². The lowest BCUT2D eigenvalue weighted by Gasteiger charge is -2.46. The van der Waals surface area contributed by atoms with Crippen LogP contribution in [0, 0.1) is 0 Å². The molecule has 1 saturated carbocycles. The third-order valence-corrected chi connectivity index (χ3v) is 5.63. The summed E-state index contributed by atoms with van der Waals surface area (Å²) in [5.41, 5.74) is 1.65. The number of carbonyl (C=O) groups is 1. The normalized spacial score (nSPS) is 31.3. The van der Waals surface area contributed by atoms with Gasteiger partial charge in [0.25, 0.3) is 0 Å². The number of carbonyl (C=O) groups excluding carboxylic acids is 1. The van der Waals surface area contributed by atoms with Gasteiger partial charge in [0, 0.05) is 18.5 Å². The minimum absolute atomic E-state index is 0.00196. The van der Waals surface area contributed by atoms with Gasteiger partial charge in [-0.15, -0.1) is 0 Å². The Morgan fingerprint density at radius 2 is 1.82 bits per heavy atom. The van der Waals surface area contributed by atoms with Crippen LogP contribution in [0.1, 0.15) is 38.2 Å². The largest absolute Gasteiger partial charge is 0.336 e. The number of amides is 2. The lowest BCUT2D eigenvalue weighted by molar-refractivity contribution is 0.147. The molecule has 0 aromatic heterocycles. The summed E-state index contributed by atoms with van der Waals surface area (Å²) in [4.78, 5) is 14.0. The van der Waals surface area contributed by atoms with Crippen molar-refractivity contribution in [3.05, 3.63) is 35.9 Å². The first-order chi connectivity index (χ1) is 10.6. The zero-order valence-corrected chi connectivity index (χ0v) is 13.7. The quantitative estimate of drug-likeness (QED) is 0.897. The second kappa shape index (κ2) is 5.92. The molecule has 2 aliphatic rings. The zero-order chi connectivity index (χ0) is 15.6. The summed E-state index contributed by atoms with van der Waals surface area (Å²) >= 11 is 0. The van der Waals surface area contributed by atoms with Crippen LogP contribution >= 0.6 is 0 Å². The monoisotopic (exact) mass is 301 g/mol. The number of hydrogen-bond acceptors (Lipinski definition) is 2. The molecule has 22 heavy (non-hydrogen) atoms. The maximum atomic E-state index is 11.5. The van der Waals surface area contributed by atoms with E-state index in [-0.39, 0.29) is 17.0 Å². The van der Waals surface area contributed by atoms with Crippen molar-refractivity contribution >= 4 is 6.03 Å². The van der Waals surface area contributed by atoms with E-state index in [1.54, 1.807) is 0 Å². The summed E-state index contributed by atoms with van der Waals surface area (Å²) in [7, 11) is 2.20. The van der Waals surface area contributed by atoms with Crippen LogP contribution in [-0.4, -0.2) is 43.2 Å². The molecule has 1 aliphatic heterocycles. The molecule has 0 unspecified atom stereocenters. The summed E-state index contributed by atoms with van der Waals surface area (Å²) in [6.45, 7) is 5.15. The number of likely N-dealkylation sites (N-methyl/N-ethyl adjacent to an activating group) is 1. The number of benzene rings is 1. The lowest BCUT2D eigenvalue weighted by atomic mass is 9.64. The van der Waals surface area contributed by atoms with Gasteiger partial charge in [0.15, 0.2) is 0 Å². The van der Waals surface area contributed by atoms with Crippen LogP contribution in [0.4, 0.5) is 4.79 Å². The van der Waals surface area contributed by atoms with Crippen LogP contribution in [0.15, 0.2) is 30.3 Å². The molecule has 2 fully saturated rings. The molecule has 3 rings (SSSR count). The van der Waals surface area contributed by atoms with Gasteiger partial charge >= 0.3 is 6.03 Å². The van der Waals surface area contributed by atoms with E-state index in [1.165, 1.54) is 5.56 Å². The minimum atomic E-state index is -0.0137. The van der Waals surface area contributed by atoms with Crippen molar-refractivity contribution in [1.82, 2.24) is 15.5 Å². The van der Waals surface area contributed by atoms with Gasteiger partial charge in [-0.1, -0.05) is 37.3 Å². The molecule has 0 atom stereocenters. The first kappa shape index (κ1) is 15.3. The van der Waals surface area contributed by atoms with Crippen molar-refractivity contribution < 1.29 is 4.79 Å². The zero-order valence-electron chi connectivity index (χ0n) is 13.7. The molecule has 4 nitrogen and oxygen atoms in total. The Labute approximate surface area is 133 Å². The van der Waals surface area contributed by atoms with Gasteiger partial charge in [0.05, 0.1) is 5.54 Å². The highest BCUT2D eigenvalue weighted by atomic mass is 16.2. The fourth-order valence-electron chi connectivity index (χ4n) is 4.05. The Bertz CT molecular complexity index is 520. The summed E-state index contributed by atoms with van der Waals surface area (Å²) < 4.78 is 0. The molecule has 1 aromatic rings. The average Bonchev–Trinajstić information content (AvgIpc) is 2.92. The molecule has 120 valence electrons. The Hall–Kier alpha value is -1.55. The van der Waals surface area contributed by atoms with Crippen LogP contribution in [0.25, 0.3) is 0 Å². The minimum Gasteiger partial charge on any atom is -0.336 e. The SMILES string of the molecule is CCN(C)CC1(c2ccccc2)CCC2(CC1)CNC(=O)N2. The van der Waals surface area contributed by atoms with Crippen molar-refractivity contribution in [2.75, 3.05) is 26.7 Å². The summed E-state index contributed by atoms with van der Waals surface area (Å²) in [5.74, 6) is 0. The van der Waals surface area contributed by atoms with E-state index in [9.17, 15) is 4.79 Å². The molecule has 2 amide bonds. The highest BCUT2D eigenvalue weighted by Crippen LogP contribution is 2.44. The van der Waals surface area contributed by atoms with Crippen LogP contribution in [0.3, 0.4) is 0 Å². The van der Waals surface area contributed by atoms with E-state index in [0.29, 0.717) is 0 Å². The van der Waals surface area contributed by atoms with Crippen LogP contribution in [0.2, 0.25) is 0 Å². The standard InChI is InChI=1S/C18H27N3O/c1-3-21(2)14-17(15-7-5-4-6-8-15)9-11-18(12-10-17)13-19-16(22)20-18/h4-8H,3,9-14H2,1-2H3,(H2,19,20,22). The third kappa shape index (κ3) is 2.84. The molecule has 2 N–H and O–H groups in total. The Morgan fingerprint density at radius 1 is 1.14 bits per heavy atom. The van der Waals surface area contributed by atoms with Gasteiger partial charge in [-0.25, -0.2) is 4.79 Å². The van der Waals surface area contributed by atoms with Crippen molar-refractivity contribution in [3.8, 4) is 0 Å². The maximum Gasteiger partial charge on any atom is 0.315 e. The number of hydrogen-bond donors (Lipinski definition) is 2. The molecule has 1 saturated heterocycles. The van der Waals surface area contributed by atoms with Gasteiger partial charge in [0.2, 0.25) is 0 Å². The summed E-state index contributed by atoms with van der Waals surface area (Å²) in [6, 6.07) is 10.9. The van der Waals surface area contributed by atoms with Gasteiger partial charge < -0.3 is 15.5 Å². The highest BCUT2D eigenvalue weighted by molar-refractivity contribution is 5.77. The lowest BCUT2D eigenvalue weighted by Crippen LogP contribution is -2.52. The highest BCUT2D eigenvalue weighted by Gasteiger charge is 2.46. The van der Waals surface area contributed by atoms with E-state index in [0.717, 1.165) is 45.3 Å². The summed E-state index contributed by atoms with van der Waals surface area (Å²) in [6.07, 6.45) is 4.36. The maximum absolute atomic E-state index is 11.5. The molecule has 0 radical (unpaired) electrons. The van der Waals surface area contributed by atoms with E-state index in [4.69, 9.17) is 0 Å².